The van der Waals surface area contributed by atoms with Crippen LogP contribution in [0.1, 0.15) is 55.3 Å². The molecule has 2 fully saturated rings. The summed E-state index contributed by atoms with van der Waals surface area (Å²) in [7, 11) is -3.69. The van der Waals surface area contributed by atoms with Crippen LogP contribution in [-0.2, 0) is 27.8 Å². The van der Waals surface area contributed by atoms with Crippen molar-refractivity contribution < 1.29 is 23.0 Å². The molecule has 7 heteroatoms. The number of rotatable bonds is 8. The van der Waals surface area contributed by atoms with Crippen LogP contribution < -0.4 is 4.74 Å². The van der Waals surface area contributed by atoms with Crippen molar-refractivity contribution in [3.8, 4) is 5.75 Å². The second-order valence-electron chi connectivity index (χ2n) is 8.66. The molecule has 2 aliphatic rings. The van der Waals surface area contributed by atoms with E-state index in [2.05, 4.69) is 19.1 Å². The van der Waals surface area contributed by atoms with Crippen LogP contribution >= 0.6 is 0 Å². The molecule has 0 radical (unpaired) electrons. The van der Waals surface area contributed by atoms with Crippen molar-refractivity contribution >= 4 is 10.0 Å². The highest BCUT2D eigenvalue weighted by Gasteiger charge is 2.36. The topological polar surface area (TPSA) is 76.1 Å². The van der Waals surface area contributed by atoms with Crippen LogP contribution in [0.3, 0.4) is 0 Å². The zero-order chi connectivity index (χ0) is 22.6. The minimum Gasteiger partial charge on any atom is -0.493 e. The van der Waals surface area contributed by atoms with E-state index in [0.29, 0.717) is 30.4 Å². The number of aryl methyl sites for hydroxylation is 1. The van der Waals surface area contributed by atoms with Crippen LogP contribution in [0.25, 0.3) is 0 Å². The molecule has 0 saturated carbocycles. The van der Waals surface area contributed by atoms with E-state index in [-0.39, 0.29) is 17.5 Å². The first-order valence-corrected chi connectivity index (χ1v) is 13.0. The summed E-state index contributed by atoms with van der Waals surface area (Å²) in [6.45, 7) is 4.38. The monoisotopic (exact) mass is 459 g/mol. The van der Waals surface area contributed by atoms with Gasteiger partial charge in [0.15, 0.2) is 0 Å². The van der Waals surface area contributed by atoms with Gasteiger partial charge in [-0.05, 0) is 67.3 Å². The fraction of sp³-hybridized carbons (Fsp3) is 0.520. The second kappa shape index (κ2) is 10.3. The average Bonchev–Trinajstić information content (AvgIpc) is 3.34. The van der Waals surface area contributed by atoms with Gasteiger partial charge in [0.2, 0.25) is 10.0 Å². The van der Waals surface area contributed by atoms with Crippen molar-refractivity contribution in [1.82, 2.24) is 4.31 Å². The number of ether oxygens (including phenoxy) is 2. The first-order chi connectivity index (χ1) is 15.5. The number of hydrogen-bond acceptors (Lipinski definition) is 5. The van der Waals surface area contributed by atoms with Crippen LogP contribution in [0, 0.1) is 5.92 Å². The van der Waals surface area contributed by atoms with Gasteiger partial charge >= 0.3 is 0 Å². The van der Waals surface area contributed by atoms with E-state index < -0.39 is 10.0 Å². The van der Waals surface area contributed by atoms with Gasteiger partial charge < -0.3 is 14.6 Å². The Kier molecular flexibility index (Phi) is 7.51. The van der Waals surface area contributed by atoms with E-state index in [9.17, 15) is 13.5 Å². The van der Waals surface area contributed by atoms with Crippen LogP contribution in [0.15, 0.2) is 47.4 Å². The normalized spacial score (nSPS) is 20.5. The predicted octanol–water partition coefficient (Wildman–Crippen LogP) is 4.07. The third kappa shape index (κ3) is 5.01. The smallest absolute Gasteiger partial charge is 0.243 e. The van der Waals surface area contributed by atoms with E-state index in [1.54, 1.807) is 22.5 Å². The molecule has 2 heterocycles. The Hall–Kier alpha value is -1.93. The first kappa shape index (κ1) is 23.2. The Morgan fingerprint density at radius 3 is 2.53 bits per heavy atom. The molecule has 1 N–H and O–H groups in total. The summed E-state index contributed by atoms with van der Waals surface area (Å²) >= 11 is 0. The molecular formula is C25H33NO5S. The van der Waals surface area contributed by atoms with E-state index >= 15 is 0 Å². The number of nitrogens with zero attached hydrogens (tertiary/aromatic N) is 1. The lowest BCUT2D eigenvalue weighted by molar-refractivity contribution is 0.0494. The summed E-state index contributed by atoms with van der Waals surface area (Å²) in [5.41, 5.74) is 2.77. The molecule has 2 aromatic rings. The number of hydrogen-bond donors (Lipinski definition) is 1. The van der Waals surface area contributed by atoms with Gasteiger partial charge in [-0.2, -0.15) is 4.31 Å². The minimum absolute atomic E-state index is 0.159. The Bertz CT molecular complexity index is 999. The van der Waals surface area contributed by atoms with Crippen LogP contribution in [0.4, 0.5) is 0 Å². The van der Waals surface area contributed by atoms with Gasteiger partial charge in [0.25, 0.3) is 0 Å². The summed E-state index contributed by atoms with van der Waals surface area (Å²) in [6, 6.07) is 12.9. The molecule has 0 aromatic heterocycles. The highest BCUT2D eigenvalue weighted by molar-refractivity contribution is 7.89. The molecule has 0 aliphatic carbocycles. The lowest BCUT2D eigenvalue weighted by Crippen LogP contribution is -2.30. The molecule has 174 valence electrons. The van der Waals surface area contributed by atoms with Crippen LogP contribution in [-0.4, -0.2) is 44.2 Å². The van der Waals surface area contributed by atoms with Crippen molar-refractivity contribution in [3.63, 3.8) is 0 Å². The molecule has 2 aliphatic heterocycles. The van der Waals surface area contributed by atoms with E-state index in [0.717, 1.165) is 50.9 Å². The molecule has 0 amide bonds. The molecule has 32 heavy (non-hydrogen) atoms. The molecule has 4 rings (SSSR count). The first-order valence-electron chi connectivity index (χ1n) is 11.6. The lowest BCUT2D eigenvalue weighted by atomic mass is 10.0. The molecule has 1 atom stereocenters. The fourth-order valence-electron chi connectivity index (χ4n) is 4.57. The molecule has 0 bridgehead atoms. The zero-order valence-electron chi connectivity index (χ0n) is 18.7. The van der Waals surface area contributed by atoms with Gasteiger partial charge in [0, 0.05) is 25.3 Å². The van der Waals surface area contributed by atoms with Crippen molar-refractivity contribution in [2.45, 2.75) is 56.6 Å². The van der Waals surface area contributed by atoms with Crippen molar-refractivity contribution in [2.75, 3.05) is 26.4 Å². The van der Waals surface area contributed by atoms with Gasteiger partial charge in [-0.25, -0.2) is 8.42 Å². The third-order valence-electron chi connectivity index (χ3n) is 6.60. The number of sulfonamides is 1. The minimum atomic E-state index is -3.69. The number of benzene rings is 2. The summed E-state index contributed by atoms with van der Waals surface area (Å²) in [6.07, 6.45) is 4.51. The molecule has 0 spiro atoms. The summed E-state index contributed by atoms with van der Waals surface area (Å²) in [5.74, 6) is 0.967. The molecule has 2 aromatic carbocycles. The standard InChI is InChI=1S/C25H33NO5S/c1-2-19-5-7-21(8-6-19)24-4-3-13-26(24)32(28,29)23-9-10-25(22(16-23)17-27)31-18-20-11-14-30-15-12-20/h5-10,16,20,24,27H,2-4,11-15,17-18H2,1H3. The second-order valence-corrected chi connectivity index (χ2v) is 10.6. The van der Waals surface area contributed by atoms with Gasteiger partial charge in [0.1, 0.15) is 5.75 Å². The highest BCUT2D eigenvalue weighted by Crippen LogP contribution is 2.37. The summed E-state index contributed by atoms with van der Waals surface area (Å²) in [4.78, 5) is 0.206. The number of aliphatic hydroxyl groups is 1. The Labute approximate surface area is 191 Å². The number of aliphatic hydroxyl groups excluding tert-OH is 1. The van der Waals surface area contributed by atoms with Crippen molar-refractivity contribution in [1.29, 1.82) is 0 Å². The maximum atomic E-state index is 13.5. The molecule has 1 unspecified atom stereocenters. The summed E-state index contributed by atoms with van der Waals surface area (Å²) in [5, 5.41) is 9.88. The SMILES string of the molecule is CCc1ccc(C2CCCN2S(=O)(=O)c2ccc(OCC3CCOCC3)c(CO)c2)cc1. The lowest BCUT2D eigenvalue weighted by Gasteiger charge is -2.25. The molecule has 2 saturated heterocycles. The van der Waals surface area contributed by atoms with E-state index in [4.69, 9.17) is 9.47 Å². The Morgan fingerprint density at radius 2 is 1.84 bits per heavy atom. The van der Waals surface area contributed by atoms with Crippen LogP contribution in [0.5, 0.6) is 5.75 Å². The van der Waals surface area contributed by atoms with E-state index in [1.807, 2.05) is 12.1 Å². The Balaban J connectivity index is 1.53. The molecule has 6 nitrogen and oxygen atoms in total. The third-order valence-corrected chi connectivity index (χ3v) is 8.50. The highest BCUT2D eigenvalue weighted by atomic mass is 32.2. The molecular weight excluding hydrogens is 426 g/mol. The quantitative estimate of drug-likeness (QED) is 0.644. The largest absolute Gasteiger partial charge is 0.493 e. The van der Waals surface area contributed by atoms with Crippen molar-refractivity contribution in [3.05, 3.63) is 59.2 Å². The van der Waals surface area contributed by atoms with Gasteiger partial charge in [-0.1, -0.05) is 31.2 Å². The maximum absolute atomic E-state index is 13.5. The predicted molar refractivity (Wildman–Crippen MR) is 123 cm³/mol. The fourth-order valence-corrected chi connectivity index (χ4v) is 6.31. The average molecular weight is 460 g/mol. The zero-order valence-corrected chi connectivity index (χ0v) is 19.5. The van der Waals surface area contributed by atoms with Crippen LogP contribution in [0.2, 0.25) is 0 Å². The summed E-state index contributed by atoms with van der Waals surface area (Å²) < 4.78 is 40.0. The van der Waals surface area contributed by atoms with Gasteiger partial charge in [-0.3, -0.25) is 0 Å². The maximum Gasteiger partial charge on any atom is 0.243 e. The van der Waals surface area contributed by atoms with Gasteiger partial charge in [-0.15, -0.1) is 0 Å². The van der Waals surface area contributed by atoms with E-state index in [1.165, 1.54) is 5.56 Å². The van der Waals surface area contributed by atoms with Gasteiger partial charge in [0.05, 0.1) is 24.2 Å². The Morgan fingerprint density at radius 1 is 1.09 bits per heavy atom. The van der Waals surface area contributed by atoms with Crippen molar-refractivity contribution in [2.24, 2.45) is 5.92 Å².